The molecule has 0 unspecified atom stereocenters. The molecule has 0 fully saturated rings. The Balaban J connectivity index is 1.85. The smallest absolute Gasteiger partial charge is 0.250 e. The van der Waals surface area contributed by atoms with Crippen LogP contribution in [0, 0.1) is 0 Å². The lowest BCUT2D eigenvalue weighted by molar-refractivity contribution is -0.122. The summed E-state index contributed by atoms with van der Waals surface area (Å²) >= 11 is 3.43. The molecule has 25 heavy (non-hydrogen) atoms. The quantitative estimate of drug-likeness (QED) is 0.717. The van der Waals surface area contributed by atoms with Gasteiger partial charge in [0.15, 0.2) is 0 Å². The summed E-state index contributed by atoms with van der Waals surface area (Å²) in [4.78, 5) is 24.3. The maximum Gasteiger partial charge on any atom is 0.250 e. The lowest BCUT2D eigenvalue weighted by Crippen LogP contribution is -2.34. The molecule has 126 valence electrons. The topological polar surface area (TPSA) is 51.1 Å². The number of carbonyl (C=O) groups excluding carboxylic acids is 1. The zero-order valence-electron chi connectivity index (χ0n) is 13.4. The van der Waals surface area contributed by atoms with Gasteiger partial charge in [-0.3, -0.25) is 9.59 Å². The van der Waals surface area contributed by atoms with Crippen LogP contribution in [0.1, 0.15) is 17.2 Å². The van der Waals surface area contributed by atoms with E-state index in [0.717, 1.165) is 15.6 Å². The lowest BCUT2D eigenvalue weighted by Gasteiger charge is -2.20. The number of nitrogens with one attached hydrogen (secondary N) is 1. The van der Waals surface area contributed by atoms with E-state index in [9.17, 15) is 9.59 Å². The second-order valence-electron chi connectivity index (χ2n) is 5.63. The lowest BCUT2D eigenvalue weighted by atomic mass is 9.99. The van der Waals surface area contributed by atoms with Crippen molar-refractivity contribution in [2.24, 2.45) is 0 Å². The highest BCUT2D eigenvalue weighted by Gasteiger charge is 2.17. The molecule has 5 heteroatoms. The number of halogens is 1. The van der Waals surface area contributed by atoms with Gasteiger partial charge in [0.1, 0.15) is 6.54 Å². The van der Waals surface area contributed by atoms with Gasteiger partial charge in [-0.2, -0.15) is 0 Å². The Hall–Kier alpha value is -2.66. The molecule has 0 aliphatic heterocycles. The van der Waals surface area contributed by atoms with E-state index in [4.69, 9.17) is 0 Å². The van der Waals surface area contributed by atoms with Crippen LogP contribution in [0.5, 0.6) is 0 Å². The third-order valence-electron chi connectivity index (χ3n) is 3.85. The third-order valence-corrected chi connectivity index (χ3v) is 4.38. The van der Waals surface area contributed by atoms with E-state index < -0.39 is 0 Å². The van der Waals surface area contributed by atoms with Gasteiger partial charge in [0.05, 0.1) is 6.04 Å². The first-order valence-electron chi connectivity index (χ1n) is 7.89. The molecule has 1 aromatic heterocycles. The molecular weight excluding hydrogens is 380 g/mol. The number of hydrogen-bond donors (Lipinski definition) is 1. The predicted octanol–water partition coefficient (Wildman–Crippen LogP) is 3.52. The van der Waals surface area contributed by atoms with Gasteiger partial charge in [-0.25, -0.2) is 0 Å². The fraction of sp³-hybridized carbons (Fsp3) is 0.100. The molecule has 1 atom stereocenters. The number of hydrogen-bond acceptors (Lipinski definition) is 2. The summed E-state index contributed by atoms with van der Waals surface area (Å²) < 4.78 is 2.36. The summed E-state index contributed by atoms with van der Waals surface area (Å²) in [5.74, 6) is -0.218. The first kappa shape index (κ1) is 17.2. The molecular formula is C20H17BrN2O2. The Morgan fingerprint density at radius 3 is 2.24 bits per heavy atom. The number of carbonyl (C=O) groups is 1. The third kappa shape index (κ3) is 4.45. The number of amides is 1. The Morgan fingerprint density at radius 2 is 1.56 bits per heavy atom. The van der Waals surface area contributed by atoms with Crippen molar-refractivity contribution >= 4 is 21.8 Å². The molecule has 1 N–H and O–H groups in total. The summed E-state index contributed by atoms with van der Waals surface area (Å²) in [6.45, 7) is -0.0144. The van der Waals surface area contributed by atoms with Crippen LogP contribution in [0.2, 0.25) is 0 Å². The van der Waals surface area contributed by atoms with Crippen LogP contribution in [0.25, 0.3) is 0 Å². The summed E-state index contributed by atoms with van der Waals surface area (Å²) in [6, 6.07) is 22.1. The molecule has 0 aliphatic carbocycles. The van der Waals surface area contributed by atoms with Gasteiger partial charge in [-0.1, -0.05) is 64.5 Å². The van der Waals surface area contributed by atoms with Gasteiger partial charge in [-0.05, 0) is 29.3 Å². The fourth-order valence-electron chi connectivity index (χ4n) is 2.61. The van der Waals surface area contributed by atoms with Crippen molar-refractivity contribution in [3.05, 3.63) is 105 Å². The molecule has 1 amide bonds. The van der Waals surface area contributed by atoms with E-state index in [-0.39, 0.29) is 24.1 Å². The van der Waals surface area contributed by atoms with Gasteiger partial charge >= 0.3 is 0 Å². The van der Waals surface area contributed by atoms with Crippen molar-refractivity contribution in [3.8, 4) is 0 Å². The maximum atomic E-state index is 12.5. The molecule has 2 aromatic carbocycles. The maximum absolute atomic E-state index is 12.5. The summed E-state index contributed by atoms with van der Waals surface area (Å²) in [5.41, 5.74) is 1.76. The summed E-state index contributed by atoms with van der Waals surface area (Å²) in [7, 11) is 0. The predicted molar refractivity (Wildman–Crippen MR) is 101 cm³/mol. The molecule has 3 aromatic rings. The SMILES string of the molecule is O=C(Cn1ccccc1=O)N[C@@H](c1ccccc1)c1ccc(Br)cc1. The minimum absolute atomic E-state index is 0.0144. The molecule has 3 rings (SSSR count). The van der Waals surface area contributed by atoms with E-state index in [1.54, 1.807) is 18.3 Å². The van der Waals surface area contributed by atoms with Crippen molar-refractivity contribution in [1.82, 2.24) is 9.88 Å². The minimum Gasteiger partial charge on any atom is -0.344 e. The highest BCUT2D eigenvalue weighted by Crippen LogP contribution is 2.23. The Morgan fingerprint density at radius 1 is 0.920 bits per heavy atom. The monoisotopic (exact) mass is 396 g/mol. The van der Waals surface area contributed by atoms with E-state index in [1.165, 1.54) is 10.6 Å². The van der Waals surface area contributed by atoms with Crippen molar-refractivity contribution < 1.29 is 4.79 Å². The first-order chi connectivity index (χ1) is 12.1. The molecule has 0 spiro atoms. The number of aromatic nitrogens is 1. The van der Waals surface area contributed by atoms with Crippen LogP contribution in [-0.2, 0) is 11.3 Å². The number of benzene rings is 2. The Kier molecular flexibility index (Phi) is 5.46. The van der Waals surface area contributed by atoms with Gasteiger partial charge < -0.3 is 9.88 Å². The highest BCUT2D eigenvalue weighted by atomic mass is 79.9. The van der Waals surface area contributed by atoms with Crippen LogP contribution in [0.15, 0.2) is 88.3 Å². The van der Waals surface area contributed by atoms with Crippen molar-refractivity contribution in [2.45, 2.75) is 12.6 Å². The first-order valence-corrected chi connectivity index (χ1v) is 8.68. The van der Waals surface area contributed by atoms with Crippen LogP contribution >= 0.6 is 15.9 Å². The standard InChI is InChI=1S/C20H17BrN2O2/c21-17-11-9-16(10-12-17)20(15-6-2-1-3-7-15)22-18(24)14-23-13-5-4-8-19(23)25/h1-13,20H,14H2,(H,22,24)/t20-/m0/s1. The van der Waals surface area contributed by atoms with Crippen LogP contribution in [0.4, 0.5) is 0 Å². The van der Waals surface area contributed by atoms with Crippen LogP contribution < -0.4 is 10.9 Å². The summed E-state index contributed by atoms with van der Waals surface area (Å²) in [6.07, 6.45) is 1.61. The zero-order valence-corrected chi connectivity index (χ0v) is 15.0. The molecule has 4 nitrogen and oxygen atoms in total. The normalized spacial score (nSPS) is 11.7. The zero-order chi connectivity index (χ0) is 17.6. The molecule has 0 saturated carbocycles. The van der Waals surface area contributed by atoms with Gasteiger partial charge in [0, 0.05) is 16.7 Å². The largest absolute Gasteiger partial charge is 0.344 e. The average molecular weight is 397 g/mol. The van der Waals surface area contributed by atoms with Gasteiger partial charge in [0.2, 0.25) is 5.91 Å². The van der Waals surface area contributed by atoms with Crippen molar-refractivity contribution in [3.63, 3.8) is 0 Å². The van der Waals surface area contributed by atoms with Crippen molar-refractivity contribution in [2.75, 3.05) is 0 Å². The van der Waals surface area contributed by atoms with Crippen LogP contribution in [0.3, 0.4) is 0 Å². The fourth-order valence-corrected chi connectivity index (χ4v) is 2.88. The van der Waals surface area contributed by atoms with Gasteiger partial charge in [-0.15, -0.1) is 0 Å². The Bertz CT molecular complexity index is 905. The molecule has 0 bridgehead atoms. The minimum atomic E-state index is -0.277. The van der Waals surface area contributed by atoms with Crippen molar-refractivity contribution in [1.29, 1.82) is 0 Å². The van der Waals surface area contributed by atoms with Gasteiger partial charge in [0.25, 0.3) is 5.56 Å². The van der Waals surface area contributed by atoms with E-state index in [0.29, 0.717) is 0 Å². The second-order valence-corrected chi connectivity index (χ2v) is 6.55. The second kappa shape index (κ2) is 7.94. The van der Waals surface area contributed by atoms with E-state index in [2.05, 4.69) is 21.2 Å². The molecule has 0 aliphatic rings. The van der Waals surface area contributed by atoms with Crippen LogP contribution in [-0.4, -0.2) is 10.5 Å². The summed E-state index contributed by atoms with van der Waals surface area (Å²) in [5, 5.41) is 3.03. The number of rotatable bonds is 5. The van der Waals surface area contributed by atoms with E-state index >= 15 is 0 Å². The van der Waals surface area contributed by atoms with E-state index in [1.807, 2.05) is 54.6 Å². The molecule has 0 radical (unpaired) electrons. The molecule has 1 heterocycles. The number of nitrogens with zero attached hydrogens (tertiary/aromatic N) is 1. The Labute approximate surface area is 154 Å². The highest BCUT2D eigenvalue weighted by molar-refractivity contribution is 9.10. The number of pyridine rings is 1. The average Bonchev–Trinajstić information content (AvgIpc) is 2.63. The molecule has 0 saturated heterocycles.